The Labute approximate surface area is 163 Å². The molecule has 1 aliphatic heterocycles. The molecule has 1 aromatic rings. The molecule has 1 amide bonds. The van der Waals surface area contributed by atoms with Crippen molar-refractivity contribution in [2.75, 3.05) is 18.5 Å². The second-order valence-corrected chi connectivity index (χ2v) is 10.1. The normalized spacial score (nSPS) is 20.9. The van der Waals surface area contributed by atoms with Crippen LogP contribution in [0.25, 0.3) is 0 Å². The van der Waals surface area contributed by atoms with Crippen LogP contribution >= 0.6 is 0 Å². The summed E-state index contributed by atoms with van der Waals surface area (Å²) in [5.41, 5.74) is 0.788. The van der Waals surface area contributed by atoms with E-state index in [9.17, 15) is 13.2 Å². The zero-order valence-corrected chi connectivity index (χ0v) is 17.4. The fraction of sp³-hybridized carbons (Fsp3) is 0.667. The second kappa shape index (κ2) is 8.74. The molecule has 3 rings (SSSR count). The first-order valence-electron chi connectivity index (χ1n) is 10.3. The Morgan fingerprint density at radius 1 is 1.07 bits per heavy atom. The molecule has 1 heterocycles. The quantitative estimate of drug-likeness (QED) is 0.730. The van der Waals surface area contributed by atoms with Gasteiger partial charge in [0, 0.05) is 31.7 Å². The summed E-state index contributed by atoms with van der Waals surface area (Å²) < 4.78 is 27.5. The maximum absolute atomic E-state index is 13.0. The third-order valence-electron chi connectivity index (χ3n) is 6.17. The second-order valence-electron chi connectivity index (χ2n) is 8.11. The molecule has 0 spiro atoms. The Balaban J connectivity index is 1.68. The van der Waals surface area contributed by atoms with E-state index in [1.165, 1.54) is 36.4 Å². The number of amides is 1. The third-order valence-corrected chi connectivity index (χ3v) is 8.15. The van der Waals surface area contributed by atoms with Crippen LogP contribution in [-0.4, -0.2) is 38.3 Å². The Morgan fingerprint density at radius 2 is 1.74 bits per heavy atom. The largest absolute Gasteiger partial charge is 0.312 e. The molecule has 0 bridgehead atoms. The van der Waals surface area contributed by atoms with Crippen LogP contribution in [0.5, 0.6) is 0 Å². The van der Waals surface area contributed by atoms with Crippen molar-refractivity contribution in [3.05, 3.63) is 24.3 Å². The van der Waals surface area contributed by atoms with E-state index in [0.29, 0.717) is 23.8 Å². The Bertz CT molecular complexity index is 739. The van der Waals surface area contributed by atoms with Crippen LogP contribution in [0.3, 0.4) is 0 Å². The van der Waals surface area contributed by atoms with E-state index in [4.69, 9.17) is 0 Å². The number of hydrogen-bond acceptors (Lipinski definition) is 3. The lowest BCUT2D eigenvalue weighted by molar-refractivity contribution is -0.119. The average Bonchev–Trinajstić information content (AvgIpc) is 2.68. The number of carbonyl (C=O) groups excluding carboxylic acids is 1. The number of rotatable bonds is 6. The Hall–Kier alpha value is -1.40. The molecule has 27 heavy (non-hydrogen) atoms. The van der Waals surface area contributed by atoms with Crippen LogP contribution in [0.2, 0.25) is 0 Å². The van der Waals surface area contributed by atoms with E-state index in [1.54, 1.807) is 36.2 Å². The first-order chi connectivity index (χ1) is 12.9. The fourth-order valence-corrected chi connectivity index (χ4v) is 5.71. The Kier molecular flexibility index (Phi) is 6.58. The number of carbonyl (C=O) groups is 1. The van der Waals surface area contributed by atoms with Crippen molar-refractivity contribution in [1.29, 1.82) is 0 Å². The van der Waals surface area contributed by atoms with Crippen molar-refractivity contribution in [1.82, 2.24) is 4.31 Å². The molecule has 2 aliphatic rings. The zero-order valence-electron chi connectivity index (χ0n) is 16.6. The molecule has 0 unspecified atom stereocenters. The van der Waals surface area contributed by atoms with Gasteiger partial charge < -0.3 is 4.90 Å². The summed E-state index contributed by atoms with van der Waals surface area (Å²) in [4.78, 5) is 14.1. The summed E-state index contributed by atoms with van der Waals surface area (Å²) in [6, 6.07) is 6.78. The van der Waals surface area contributed by atoms with Crippen LogP contribution in [0.1, 0.15) is 64.7 Å². The smallest absolute Gasteiger partial charge is 0.243 e. The van der Waals surface area contributed by atoms with Crippen LogP contribution in [-0.2, 0) is 14.8 Å². The van der Waals surface area contributed by atoms with E-state index in [-0.39, 0.29) is 11.9 Å². The van der Waals surface area contributed by atoms with E-state index in [2.05, 4.69) is 0 Å². The summed E-state index contributed by atoms with van der Waals surface area (Å²) >= 11 is 0. The van der Waals surface area contributed by atoms with Gasteiger partial charge in [-0.05, 0) is 56.4 Å². The first-order valence-corrected chi connectivity index (χ1v) is 11.7. The monoisotopic (exact) mass is 392 g/mol. The van der Waals surface area contributed by atoms with E-state index in [1.807, 2.05) is 6.92 Å². The lowest BCUT2D eigenvalue weighted by Crippen LogP contribution is -2.37. The van der Waals surface area contributed by atoms with E-state index in [0.717, 1.165) is 24.9 Å². The van der Waals surface area contributed by atoms with Crippen LogP contribution in [0.4, 0.5) is 5.69 Å². The van der Waals surface area contributed by atoms with Crippen molar-refractivity contribution in [3.63, 3.8) is 0 Å². The molecule has 1 atom stereocenters. The van der Waals surface area contributed by atoms with Gasteiger partial charge >= 0.3 is 0 Å². The highest BCUT2D eigenvalue weighted by Crippen LogP contribution is 2.30. The predicted octanol–water partition coefficient (Wildman–Crippen LogP) is 4.18. The molecule has 6 heteroatoms. The van der Waals surface area contributed by atoms with Crippen molar-refractivity contribution < 1.29 is 13.2 Å². The number of anilines is 1. The number of benzene rings is 1. The first kappa shape index (κ1) is 20.3. The molecule has 0 radical (unpaired) electrons. The molecule has 150 valence electrons. The topological polar surface area (TPSA) is 57.7 Å². The molecule has 2 fully saturated rings. The highest BCUT2D eigenvalue weighted by atomic mass is 32.2. The van der Waals surface area contributed by atoms with Gasteiger partial charge in [0.2, 0.25) is 15.9 Å². The predicted molar refractivity (Wildman–Crippen MR) is 108 cm³/mol. The minimum Gasteiger partial charge on any atom is -0.312 e. The minimum atomic E-state index is -3.52. The fourth-order valence-electron chi connectivity index (χ4n) is 4.33. The molecular formula is C21H32N2O3S. The standard InChI is InChI=1S/C21H32N2O3S/c1-17(16-18-8-4-3-5-9-18)22(2)27(25,26)20-13-11-19(12-14-20)23-15-7-6-10-21(23)24/h11-14,17-18H,3-10,15-16H2,1-2H3/t17-/m0/s1. The van der Waals surface area contributed by atoms with E-state index < -0.39 is 10.0 Å². The van der Waals surface area contributed by atoms with E-state index >= 15 is 0 Å². The van der Waals surface area contributed by atoms with Gasteiger partial charge in [0.25, 0.3) is 0 Å². The number of hydrogen-bond donors (Lipinski definition) is 0. The molecule has 1 aliphatic carbocycles. The van der Waals surface area contributed by atoms with Gasteiger partial charge in [-0.15, -0.1) is 0 Å². The highest BCUT2D eigenvalue weighted by molar-refractivity contribution is 7.89. The summed E-state index contributed by atoms with van der Waals surface area (Å²) in [5, 5.41) is 0. The summed E-state index contributed by atoms with van der Waals surface area (Å²) in [6.45, 7) is 2.72. The Morgan fingerprint density at radius 3 is 2.37 bits per heavy atom. The summed E-state index contributed by atoms with van der Waals surface area (Å²) in [6.07, 6.45) is 9.71. The third kappa shape index (κ3) is 4.72. The van der Waals surface area contributed by atoms with Gasteiger partial charge in [-0.25, -0.2) is 8.42 Å². The van der Waals surface area contributed by atoms with Gasteiger partial charge in [-0.2, -0.15) is 4.31 Å². The van der Waals surface area contributed by atoms with Crippen LogP contribution in [0, 0.1) is 5.92 Å². The molecule has 0 N–H and O–H groups in total. The molecule has 1 aromatic carbocycles. The van der Waals surface area contributed by atoms with Gasteiger partial charge in [0.15, 0.2) is 0 Å². The van der Waals surface area contributed by atoms with Crippen molar-refractivity contribution >= 4 is 21.6 Å². The molecule has 0 aromatic heterocycles. The summed E-state index contributed by atoms with van der Waals surface area (Å²) in [7, 11) is -1.83. The number of piperidine rings is 1. The molecular weight excluding hydrogens is 360 g/mol. The molecule has 1 saturated heterocycles. The van der Waals surface area contributed by atoms with Crippen molar-refractivity contribution in [2.24, 2.45) is 5.92 Å². The molecule has 5 nitrogen and oxygen atoms in total. The van der Waals surface area contributed by atoms with Gasteiger partial charge in [-0.3, -0.25) is 4.79 Å². The maximum atomic E-state index is 13.0. The lowest BCUT2D eigenvalue weighted by Gasteiger charge is -2.30. The maximum Gasteiger partial charge on any atom is 0.243 e. The zero-order chi connectivity index (χ0) is 19.4. The van der Waals surface area contributed by atoms with Gasteiger partial charge in [0.1, 0.15) is 0 Å². The number of sulfonamides is 1. The van der Waals surface area contributed by atoms with Gasteiger partial charge in [0.05, 0.1) is 4.90 Å². The SMILES string of the molecule is C[C@@H](CC1CCCCC1)N(C)S(=O)(=O)c1ccc(N2CCCCC2=O)cc1. The lowest BCUT2D eigenvalue weighted by atomic mass is 9.85. The average molecular weight is 393 g/mol. The van der Waals surface area contributed by atoms with Crippen molar-refractivity contribution in [3.8, 4) is 0 Å². The molecule has 1 saturated carbocycles. The van der Waals surface area contributed by atoms with Crippen LogP contribution in [0.15, 0.2) is 29.2 Å². The minimum absolute atomic E-state index is 0.0125. The van der Waals surface area contributed by atoms with Crippen LogP contribution < -0.4 is 4.90 Å². The van der Waals surface area contributed by atoms with Gasteiger partial charge in [-0.1, -0.05) is 32.1 Å². The highest BCUT2D eigenvalue weighted by Gasteiger charge is 2.28. The summed E-state index contributed by atoms with van der Waals surface area (Å²) in [5.74, 6) is 0.758. The van der Waals surface area contributed by atoms with Crippen molar-refractivity contribution in [2.45, 2.75) is 75.6 Å². The number of nitrogens with zero attached hydrogens (tertiary/aromatic N) is 2.